The zero-order valence-electron chi connectivity index (χ0n) is 16.9. The smallest absolute Gasteiger partial charge is 0.331 e. The third-order valence-electron chi connectivity index (χ3n) is 4.10. The van der Waals surface area contributed by atoms with Gasteiger partial charge in [-0.3, -0.25) is 0 Å². The van der Waals surface area contributed by atoms with E-state index in [-0.39, 0.29) is 17.3 Å². The number of carbonyl (C=O) groups excluding carboxylic acids is 1. The summed E-state index contributed by atoms with van der Waals surface area (Å²) in [6, 6.07) is 14.2. The zero-order chi connectivity index (χ0) is 22.3. The lowest BCUT2D eigenvalue weighted by Gasteiger charge is -2.09. The lowest BCUT2D eigenvalue weighted by molar-refractivity contribution is -0.139. The second-order valence-corrected chi connectivity index (χ2v) is 8.91. The molecular weight excluding hydrogens is 438 g/mol. The van der Waals surface area contributed by atoms with Gasteiger partial charge in [-0.05, 0) is 43.0 Å². The van der Waals surface area contributed by atoms with Crippen LogP contribution in [0, 0.1) is 0 Å². The number of sulfonamides is 1. The highest BCUT2D eigenvalue weighted by atomic mass is 32.2. The van der Waals surface area contributed by atoms with Crippen LogP contribution in [0.25, 0.3) is 6.08 Å². The van der Waals surface area contributed by atoms with E-state index in [1.165, 1.54) is 49.8 Å². The van der Waals surface area contributed by atoms with Crippen molar-refractivity contribution in [3.05, 3.63) is 71.2 Å². The largest absolute Gasteiger partial charge is 0.495 e. The standard InChI is InChI=1S/C21H21N3O5S2/c1-22-31(26,27)19-12-15(8-10-18(19)28-2)9-11-20(25)29-13-17-14-30-21(24-17)23-16-6-4-3-5-7-16/h3-12,14,22H,13H2,1-2H3,(H,23,24)/b11-9+. The molecule has 0 bridgehead atoms. The fourth-order valence-corrected chi connectivity index (χ4v) is 4.19. The van der Waals surface area contributed by atoms with E-state index in [0.29, 0.717) is 16.4 Å². The molecule has 1 aromatic heterocycles. The molecular formula is C21H21N3O5S2. The van der Waals surface area contributed by atoms with Crippen LogP contribution in [-0.4, -0.2) is 33.5 Å². The number of carbonyl (C=O) groups is 1. The van der Waals surface area contributed by atoms with Crippen LogP contribution >= 0.6 is 11.3 Å². The van der Waals surface area contributed by atoms with Crippen molar-refractivity contribution in [2.24, 2.45) is 0 Å². The lowest BCUT2D eigenvalue weighted by Crippen LogP contribution is -2.19. The summed E-state index contributed by atoms with van der Waals surface area (Å²) in [6.07, 6.45) is 2.70. The Morgan fingerprint density at radius 1 is 1.19 bits per heavy atom. The van der Waals surface area contributed by atoms with Gasteiger partial charge in [0.05, 0.1) is 12.8 Å². The van der Waals surface area contributed by atoms with Crippen molar-refractivity contribution in [1.29, 1.82) is 0 Å². The van der Waals surface area contributed by atoms with Crippen molar-refractivity contribution >= 4 is 44.2 Å². The van der Waals surface area contributed by atoms with Crippen LogP contribution in [0.1, 0.15) is 11.3 Å². The van der Waals surface area contributed by atoms with Crippen LogP contribution in [0.3, 0.4) is 0 Å². The summed E-state index contributed by atoms with van der Waals surface area (Å²) in [7, 11) is -1.01. The van der Waals surface area contributed by atoms with Gasteiger partial charge in [-0.1, -0.05) is 24.3 Å². The first-order chi connectivity index (χ1) is 14.9. The van der Waals surface area contributed by atoms with Gasteiger partial charge in [-0.25, -0.2) is 22.9 Å². The second-order valence-electron chi connectivity index (χ2n) is 6.19. The number of esters is 1. The quantitative estimate of drug-likeness (QED) is 0.372. The van der Waals surface area contributed by atoms with E-state index in [0.717, 1.165) is 5.69 Å². The summed E-state index contributed by atoms with van der Waals surface area (Å²) in [5.74, 6) is -0.364. The van der Waals surface area contributed by atoms with Gasteiger partial charge in [0.1, 0.15) is 17.3 Å². The fourth-order valence-electron chi connectivity index (χ4n) is 2.55. The molecule has 0 unspecified atom stereocenters. The molecule has 8 nitrogen and oxygen atoms in total. The Morgan fingerprint density at radius 2 is 1.97 bits per heavy atom. The van der Waals surface area contributed by atoms with Gasteiger partial charge in [-0.2, -0.15) is 0 Å². The first-order valence-electron chi connectivity index (χ1n) is 9.14. The summed E-state index contributed by atoms with van der Waals surface area (Å²) < 4.78 is 36.8. The van der Waals surface area contributed by atoms with E-state index in [4.69, 9.17) is 9.47 Å². The molecule has 0 amide bonds. The maximum Gasteiger partial charge on any atom is 0.331 e. The molecule has 0 aliphatic rings. The number of nitrogens with zero attached hydrogens (tertiary/aromatic N) is 1. The molecule has 0 aliphatic carbocycles. The Labute approximate surface area is 184 Å². The molecule has 2 aromatic carbocycles. The maximum absolute atomic E-state index is 12.1. The molecule has 162 valence electrons. The average molecular weight is 460 g/mol. The highest BCUT2D eigenvalue weighted by Gasteiger charge is 2.17. The molecule has 1 heterocycles. The summed E-state index contributed by atoms with van der Waals surface area (Å²) in [5, 5.41) is 5.68. The van der Waals surface area contributed by atoms with E-state index in [2.05, 4.69) is 15.0 Å². The van der Waals surface area contributed by atoms with Crippen LogP contribution in [-0.2, 0) is 26.2 Å². The van der Waals surface area contributed by atoms with Gasteiger partial charge < -0.3 is 14.8 Å². The first-order valence-corrected chi connectivity index (χ1v) is 11.5. The van der Waals surface area contributed by atoms with Crippen LogP contribution in [0.2, 0.25) is 0 Å². The number of hydrogen-bond acceptors (Lipinski definition) is 8. The lowest BCUT2D eigenvalue weighted by atomic mass is 10.2. The highest BCUT2D eigenvalue weighted by Crippen LogP contribution is 2.25. The Balaban J connectivity index is 1.59. The number of benzene rings is 2. The van der Waals surface area contributed by atoms with Crippen molar-refractivity contribution in [1.82, 2.24) is 9.71 Å². The van der Waals surface area contributed by atoms with Gasteiger partial charge in [-0.15, -0.1) is 11.3 Å². The molecule has 3 rings (SSSR count). The summed E-state index contributed by atoms with van der Waals surface area (Å²) >= 11 is 1.41. The van der Waals surface area contributed by atoms with E-state index in [9.17, 15) is 13.2 Å². The SMILES string of the molecule is CNS(=O)(=O)c1cc(/C=C/C(=O)OCc2csc(Nc3ccccc3)n2)ccc1OC. The number of aromatic nitrogens is 1. The molecule has 31 heavy (non-hydrogen) atoms. The third kappa shape index (κ3) is 6.14. The van der Waals surface area contributed by atoms with Gasteiger partial charge in [0.2, 0.25) is 10.0 Å². The van der Waals surface area contributed by atoms with Crippen molar-refractivity contribution in [2.75, 3.05) is 19.5 Å². The predicted octanol–water partition coefficient (Wildman–Crippen LogP) is 3.56. The predicted molar refractivity (Wildman–Crippen MR) is 120 cm³/mol. The first kappa shape index (κ1) is 22.5. The van der Waals surface area contributed by atoms with Crippen molar-refractivity contribution < 1.29 is 22.7 Å². The van der Waals surface area contributed by atoms with Crippen molar-refractivity contribution in [3.63, 3.8) is 0 Å². The number of anilines is 2. The minimum Gasteiger partial charge on any atom is -0.495 e. The molecule has 3 aromatic rings. The summed E-state index contributed by atoms with van der Waals surface area (Å²) in [4.78, 5) is 16.4. The number of hydrogen-bond donors (Lipinski definition) is 2. The minimum atomic E-state index is -3.71. The summed E-state index contributed by atoms with van der Waals surface area (Å²) in [5.41, 5.74) is 2.05. The van der Waals surface area contributed by atoms with Crippen LogP contribution in [0.4, 0.5) is 10.8 Å². The number of rotatable bonds is 9. The topological polar surface area (TPSA) is 107 Å². The number of para-hydroxylation sites is 1. The van der Waals surface area contributed by atoms with E-state index >= 15 is 0 Å². The molecule has 0 spiro atoms. The Morgan fingerprint density at radius 3 is 2.68 bits per heavy atom. The minimum absolute atomic E-state index is 0.0195. The van der Waals surface area contributed by atoms with Gasteiger partial charge in [0.15, 0.2) is 5.13 Å². The number of thiazole rings is 1. The molecule has 0 fully saturated rings. The number of nitrogens with one attached hydrogen (secondary N) is 2. The van der Waals surface area contributed by atoms with Crippen LogP contribution in [0.15, 0.2) is 64.9 Å². The van der Waals surface area contributed by atoms with E-state index in [1.807, 2.05) is 30.3 Å². The molecule has 10 heteroatoms. The third-order valence-corrected chi connectivity index (χ3v) is 6.34. The number of ether oxygens (including phenoxy) is 2. The molecule has 0 saturated carbocycles. The molecule has 2 N–H and O–H groups in total. The zero-order valence-corrected chi connectivity index (χ0v) is 18.5. The fraction of sp³-hybridized carbons (Fsp3) is 0.143. The average Bonchev–Trinajstić information content (AvgIpc) is 3.24. The molecule has 0 radical (unpaired) electrons. The van der Waals surface area contributed by atoms with E-state index < -0.39 is 16.0 Å². The van der Waals surface area contributed by atoms with Gasteiger partial charge in [0, 0.05) is 17.1 Å². The maximum atomic E-state index is 12.1. The molecule has 0 saturated heterocycles. The monoisotopic (exact) mass is 459 g/mol. The normalized spacial score (nSPS) is 11.4. The molecule has 0 aliphatic heterocycles. The highest BCUT2D eigenvalue weighted by molar-refractivity contribution is 7.89. The summed E-state index contributed by atoms with van der Waals surface area (Å²) in [6.45, 7) is 0.0259. The molecule has 0 atom stereocenters. The Hall–Kier alpha value is -3.21. The Bertz CT molecular complexity index is 1170. The second kappa shape index (κ2) is 10.2. The number of methoxy groups -OCH3 is 1. The Kier molecular flexibility index (Phi) is 7.40. The van der Waals surface area contributed by atoms with Crippen LogP contribution < -0.4 is 14.8 Å². The van der Waals surface area contributed by atoms with Gasteiger partial charge in [0.25, 0.3) is 0 Å². The van der Waals surface area contributed by atoms with Crippen LogP contribution in [0.5, 0.6) is 5.75 Å². The van der Waals surface area contributed by atoms with Gasteiger partial charge >= 0.3 is 5.97 Å². The van der Waals surface area contributed by atoms with Crippen molar-refractivity contribution in [2.45, 2.75) is 11.5 Å². The van der Waals surface area contributed by atoms with Crippen molar-refractivity contribution in [3.8, 4) is 5.75 Å². The van der Waals surface area contributed by atoms with E-state index in [1.54, 1.807) is 11.4 Å².